The lowest BCUT2D eigenvalue weighted by molar-refractivity contribution is -0.123. The molecular formula is C18H25ClN2O2. The first kappa shape index (κ1) is 16.7. The third kappa shape index (κ3) is 3.39. The summed E-state index contributed by atoms with van der Waals surface area (Å²) in [5, 5.41) is 16.9. The van der Waals surface area contributed by atoms with E-state index in [0.29, 0.717) is 30.8 Å². The summed E-state index contributed by atoms with van der Waals surface area (Å²) in [4.78, 5) is 12.4. The van der Waals surface area contributed by atoms with Crippen LogP contribution in [-0.2, 0) is 11.2 Å². The van der Waals surface area contributed by atoms with Crippen molar-refractivity contribution >= 4 is 18.3 Å². The monoisotopic (exact) mass is 336 g/mol. The van der Waals surface area contributed by atoms with Gasteiger partial charge in [0.05, 0.1) is 12.1 Å². The zero-order valence-corrected chi connectivity index (χ0v) is 14.0. The summed E-state index contributed by atoms with van der Waals surface area (Å²) < 4.78 is 0. The van der Waals surface area contributed by atoms with Crippen LogP contribution in [0.25, 0.3) is 0 Å². The van der Waals surface area contributed by atoms with Crippen LogP contribution in [0, 0.1) is 5.92 Å². The van der Waals surface area contributed by atoms with Crippen molar-refractivity contribution in [1.82, 2.24) is 10.6 Å². The predicted molar refractivity (Wildman–Crippen MR) is 91.6 cm³/mol. The van der Waals surface area contributed by atoms with Crippen molar-refractivity contribution in [3.63, 3.8) is 0 Å². The SMILES string of the molecule is Cl.O=C(CC1CC2CCC(C1)N2)N[C@H]1c2ccccc2C[C@H]1O. The average Bonchev–Trinajstić information content (AvgIpc) is 2.99. The zero-order valence-electron chi connectivity index (χ0n) is 13.2. The number of amides is 1. The maximum Gasteiger partial charge on any atom is 0.220 e. The molecule has 4 atom stereocenters. The molecule has 2 heterocycles. The molecule has 2 unspecified atom stereocenters. The van der Waals surface area contributed by atoms with Crippen LogP contribution in [0.2, 0.25) is 0 Å². The van der Waals surface area contributed by atoms with E-state index in [-0.39, 0.29) is 24.4 Å². The van der Waals surface area contributed by atoms with Crippen molar-refractivity contribution in [2.45, 2.75) is 62.8 Å². The normalized spacial score (nSPS) is 34.6. The maximum absolute atomic E-state index is 12.4. The number of hydrogen-bond donors (Lipinski definition) is 3. The van der Waals surface area contributed by atoms with Gasteiger partial charge in [0.15, 0.2) is 0 Å². The molecule has 5 heteroatoms. The van der Waals surface area contributed by atoms with Gasteiger partial charge in [-0.1, -0.05) is 24.3 Å². The number of fused-ring (bicyclic) bond motifs is 3. The molecule has 3 N–H and O–H groups in total. The van der Waals surface area contributed by atoms with Crippen molar-refractivity contribution in [1.29, 1.82) is 0 Å². The van der Waals surface area contributed by atoms with Crippen LogP contribution in [0.3, 0.4) is 0 Å². The topological polar surface area (TPSA) is 61.4 Å². The van der Waals surface area contributed by atoms with Crippen molar-refractivity contribution in [2.24, 2.45) is 5.92 Å². The standard InChI is InChI=1S/C18H24N2O2.ClH/c21-16-10-12-3-1-2-4-15(12)18(16)20-17(22)9-11-7-13-5-6-14(8-11)19-13;/h1-4,11,13-14,16,18-19,21H,5-10H2,(H,20,22);1H/t11?,13?,14?,16-,18+;/m1./s1. The van der Waals surface area contributed by atoms with Crippen LogP contribution in [0.1, 0.15) is 49.3 Å². The Bertz CT molecular complexity index is 568. The first-order chi connectivity index (χ1) is 10.7. The van der Waals surface area contributed by atoms with Crippen molar-refractivity contribution in [3.05, 3.63) is 35.4 Å². The predicted octanol–water partition coefficient (Wildman–Crippen LogP) is 2.10. The van der Waals surface area contributed by atoms with Crippen LogP contribution in [-0.4, -0.2) is 29.2 Å². The molecule has 2 saturated heterocycles. The highest BCUT2D eigenvalue weighted by Gasteiger charge is 2.36. The molecular weight excluding hydrogens is 312 g/mol. The second-order valence-electron chi connectivity index (χ2n) is 7.19. The van der Waals surface area contributed by atoms with Gasteiger partial charge in [0.2, 0.25) is 5.91 Å². The van der Waals surface area contributed by atoms with Crippen LogP contribution in [0.15, 0.2) is 24.3 Å². The molecule has 1 aliphatic carbocycles. The Balaban J connectivity index is 0.00000156. The Labute approximate surface area is 143 Å². The van der Waals surface area contributed by atoms with Gasteiger partial charge >= 0.3 is 0 Å². The summed E-state index contributed by atoms with van der Waals surface area (Å²) in [6.07, 6.45) is 5.50. The lowest BCUT2D eigenvalue weighted by atomic mass is 9.89. The number of aliphatic hydroxyl groups excluding tert-OH is 1. The van der Waals surface area contributed by atoms with E-state index in [2.05, 4.69) is 10.6 Å². The molecule has 3 aliphatic rings. The summed E-state index contributed by atoms with van der Waals surface area (Å²) in [5.41, 5.74) is 2.23. The lowest BCUT2D eigenvalue weighted by Gasteiger charge is -2.29. The highest BCUT2D eigenvalue weighted by Crippen LogP contribution is 2.34. The quantitative estimate of drug-likeness (QED) is 0.792. The van der Waals surface area contributed by atoms with E-state index in [4.69, 9.17) is 0 Å². The Morgan fingerprint density at radius 3 is 2.65 bits per heavy atom. The molecule has 2 aliphatic heterocycles. The minimum Gasteiger partial charge on any atom is -0.390 e. The molecule has 1 aromatic carbocycles. The van der Waals surface area contributed by atoms with Gasteiger partial charge in [0, 0.05) is 24.9 Å². The third-order valence-electron chi connectivity index (χ3n) is 5.57. The fourth-order valence-corrected chi connectivity index (χ4v) is 4.58. The second kappa shape index (κ2) is 6.80. The Morgan fingerprint density at radius 1 is 1.22 bits per heavy atom. The molecule has 0 radical (unpaired) electrons. The Hall–Kier alpha value is -1.10. The Morgan fingerprint density at radius 2 is 1.91 bits per heavy atom. The fraction of sp³-hybridized carbons (Fsp3) is 0.611. The van der Waals surface area contributed by atoms with Gasteiger partial charge in [-0.25, -0.2) is 0 Å². The highest BCUT2D eigenvalue weighted by molar-refractivity contribution is 5.85. The minimum absolute atomic E-state index is 0. The molecule has 23 heavy (non-hydrogen) atoms. The number of nitrogens with one attached hydrogen (secondary N) is 2. The van der Waals surface area contributed by atoms with Crippen LogP contribution < -0.4 is 10.6 Å². The molecule has 126 valence electrons. The zero-order chi connectivity index (χ0) is 15.1. The summed E-state index contributed by atoms with van der Waals surface area (Å²) >= 11 is 0. The summed E-state index contributed by atoms with van der Waals surface area (Å²) in [7, 11) is 0. The smallest absolute Gasteiger partial charge is 0.220 e. The van der Waals surface area contributed by atoms with E-state index < -0.39 is 6.10 Å². The number of rotatable bonds is 3. The van der Waals surface area contributed by atoms with Gasteiger partial charge in [-0.15, -0.1) is 12.4 Å². The minimum atomic E-state index is -0.495. The van der Waals surface area contributed by atoms with Crippen molar-refractivity contribution in [3.8, 4) is 0 Å². The van der Waals surface area contributed by atoms with E-state index in [0.717, 1.165) is 24.0 Å². The van der Waals surface area contributed by atoms with Crippen molar-refractivity contribution < 1.29 is 9.90 Å². The lowest BCUT2D eigenvalue weighted by Crippen LogP contribution is -2.40. The van der Waals surface area contributed by atoms with Gasteiger partial charge in [-0.3, -0.25) is 4.79 Å². The van der Waals surface area contributed by atoms with Crippen LogP contribution in [0.4, 0.5) is 0 Å². The molecule has 0 saturated carbocycles. The number of aliphatic hydroxyl groups is 1. The molecule has 4 rings (SSSR count). The first-order valence-electron chi connectivity index (χ1n) is 8.50. The van der Waals surface area contributed by atoms with E-state index in [9.17, 15) is 9.90 Å². The van der Waals surface area contributed by atoms with Crippen LogP contribution >= 0.6 is 12.4 Å². The number of hydrogen-bond acceptors (Lipinski definition) is 3. The maximum atomic E-state index is 12.4. The van der Waals surface area contributed by atoms with Crippen molar-refractivity contribution in [2.75, 3.05) is 0 Å². The van der Waals surface area contributed by atoms with E-state index in [1.165, 1.54) is 12.8 Å². The number of benzene rings is 1. The van der Waals surface area contributed by atoms with Gasteiger partial charge in [0.1, 0.15) is 0 Å². The average molecular weight is 337 g/mol. The number of carbonyl (C=O) groups is 1. The molecule has 0 spiro atoms. The molecule has 1 amide bonds. The second-order valence-corrected chi connectivity index (χ2v) is 7.19. The van der Waals surface area contributed by atoms with E-state index >= 15 is 0 Å². The molecule has 2 bridgehead atoms. The molecule has 4 nitrogen and oxygen atoms in total. The van der Waals surface area contributed by atoms with Crippen LogP contribution in [0.5, 0.6) is 0 Å². The number of carbonyl (C=O) groups excluding carboxylic acids is 1. The van der Waals surface area contributed by atoms with Gasteiger partial charge in [-0.05, 0) is 42.7 Å². The number of piperidine rings is 1. The third-order valence-corrected chi connectivity index (χ3v) is 5.57. The van der Waals surface area contributed by atoms with Gasteiger partial charge in [-0.2, -0.15) is 0 Å². The molecule has 1 aromatic rings. The van der Waals surface area contributed by atoms with E-state index in [1.54, 1.807) is 0 Å². The summed E-state index contributed by atoms with van der Waals surface area (Å²) in [6, 6.07) is 9.02. The largest absolute Gasteiger partial charge is 0.390 e. The Kier molecular flexibility index (Phi) is 4.95. The summed E-state index contributed by atoms with van der Waals surface area (Å²) in [5.74, 6) is 0.583. The fourth-order valence-electron chi connectivity index (χ4n) is 4.58. The van der Waals surface area contributed by atoms with Gasteiger partial charge < -0.3 is 15.7 Å². The van der Waals surface area contributed by atoms with E-state index in [1.807, 2.05) is 24.3 Å². The molecule has 0 aromatic heterocycles. The number of halogens is 1. The highest BCUT2D eigenvalue weighted by atomic mass is 35.5. The molecule has 2 fully saturated rings. The summed E-state index contributed by atoms with van der Waals surface area (Å²) in [6.45, 7) is 0. The van der Waals surface area contributed by atoms with Gasteiger partial charge in [0.25, 0.3) is 0 Å². The first-order valence-corrected chi connectivity index (χ1v) is 8.50.